The van der Waals surface area contributed by atoms with Crippen LogP contribution in [0.15, 0.2) is 76.5 Å². The average molecular weight is 1180 g/mol. The number of ketones is 1. The molecule has 0 saturated carbocycles. The molecule has 73 heavy (non-hydrogen) atoms. The number of carbonyl (C=O) groups excluding carboxylic acids is 3. The van der Waals surface area contributed by atoms with Gasteiger partial charge in [-0.15, -0.1) is 0 Å². The number of aliphatic hydroxyl groups excluding tert-OH is 1. The van der Waals surface area contributed by atoms with E-state index in [0.29, 0.717) is 37.2 Å². The molecule has 3 aromatic rings. The van der Waals surface area contributed by atoms with E-state index in [4.69, 9.17) is 24.2 Å². The van der Waals surface area contributed by atoms with Crippen LogP contribution < -0.4 is 26.1 Å². The maximum Gasteiger partial charge on any atom is 1.00 e. The van der Waals surface area contributed by atoms with Crippen LogP contribution in [0.4, 0.5) is 10.5 Å². The molecule has 2 saturated heterocycles. The first-order valence-electron chi connectivity index (χ1n) is 25.7. The van der Waals surface area contributed by atoms with Gasteiger partial charge in [0.15, 0.2) is 11.4 Å². The molecular weight excluding hydrogens is 1100 g/mol. The number of ether oxygens (including phenoxy) is 3. The van der Waals surface area contributed by atoms with Crippen molar-refractivity contribution in [2.45, 2.75) is 137 Å². The Hall–Kier alpha value is -5.13. The van der Waals surface area contributed by atoms with Crippen LogP contribution in [-0.2, 0) is 40.6 Å². The van der Waals surface area contributed by atoms with Crippen LogP contribution in [0.1, 0.15) is 115 Å². The van der Waals surface area contributed by atoms with E-state index in [-0.39, 0.29) is 101 Å². The number of anilines is 1. The third-order valence-corrected chi connectivity index (χ3v) is 15.3. The van der Waals surface area contributed by atoms with Crippen molar-refractivity contribution in [1.82, 2.24) is 15.1 Å². The van der Waals surface area contributed by atoms with E-state index in [2.05, 4.69) is 46.4 Å². The average Bonchev–Trinajstić information content (AvgIpc) is 3.84. The van der Waals surface area contributed by atoms with Crippen LogP contribution in [0.3, 0.4) is 0 Å². The first-order chi connectivity index (χ1) is 33.8. The fourth-order valence-corrected chi connectivity index (χ4v) is 11.2. The molecule has 16 heteroatoms. The molecule has 6 aliphatic heterocycles. The number of rotatable bonds is 6. The van der Waals surface area contributed by atoms with Crippen molar-refractivity contribution in [1.29, 1.82) is 0 Å². The summed E-state index contributed by atoms with van der Waals surface area (Å²) in [6, 6.07) is 10.3. The van der Waals surface area contributed by atoms with Gasteiger partial charge in [0.1, 0.15) is 28.6 Å². The van der Waals surface area contributed by atoms with Gasteiger partial charge in [-0.05, 0) is 74.8 Å². The predicted octanol–water partition coefficient (Wildman–Crippen LogP) is 8.43. The van der Waals surface area contributed by atoms with Gasteiger partial charge in [-0.3, -0.25) is 24.5 Å². The minimum atomic E-state index is -1.89. The quantitative estimate of drug-likeness (QED) is 0.118. The van der Waals surface area contributed by atoms with E-state index in [1.165, 1.54) is 18.7 Å². The number of amides is 2. The summed E-state index contributed by atoms with van der Waals surface area (Å²) in [5.74, 6) is -4.09. The second kappa shape index (κ2) is 23.6. The number of Topliss-reactive ketones (excluding diaryl/α,β-unsaturated/α-hetero) is 1. The summed E-state index contributed by atoms with van der Waals surface area (Å²) in [5.41, 5.74) is 0.946. The maximum atomic E-state index is 14.8. The minimum Gasteiger partial charge on any atom is -0.507 e. The van der Waals surface area contributed by atoms with E-state index in [9.17, 15) is 29.7 Å². The van der Waals surface area contributed by atoms with Gasteiger partial charge in [0.2, 0.25) is 0 Å². The molecule has 3 aromatic carbocycles. The molecule has 2 fully saturated rings. The molecule has 2 amide bonds. The molecule has 0 aromatic heterocycles. The number of nitrogens with one attached hydrogen (secondary N) is 2. The molecule has 15 nitrogen and oxygen atoms in total. The number of likely N-dealkylation sites (tertiary alicyclic amines) is 2. The Labute approximate surface area is 444 Å². The van der Waals surface area contributed by atoms with E-state index >= 15 is 0 Å². The van der Waals surface area contributed by atoms with Crippen molar-refractivity contribution in [2.75, 3.05) is 38.0 Å². The van der Waals surface area contributed by atoms with Crippen molar-refractivity contribution in [3.8, 4) is 17.2 Å². The molecule has 0 aliphatic carbocycles. The zero-order valence-corrected chi connectivity index (χ0v) is 46.9. The Bertz CT molecular complexity index is 2730. The Morgan fingerprint density at radius 1 is 0.945 bits per heavy atom. The third kappa shape index (κ3) is 12.2. The van der Waals surface area contributed by atoms with Gasteiger partial charge in [0.05, 0.1) is 28.7 Å². The van der Waals surface area contributed by atoms with Gasteiger partial charge < -0.3 is 52.5 Å². The summed E-state index contributed by atoms with van der Waals surface area (Å²) < 4.78 is 18.8. The van der Waals surface area contributed by atoms with Gasteiger partial charge in [0.25, 0.3) is 11.7 Å². The number of piperidine rings is 2. The topological polar surface area (TPSA) is 195 Å². The van der Waals surface area contributed by atoms with Gasteiger partial charge in [-0.1, -0.05) is 90.1 Å². The first-order valence-corrected chi connectivity index (χ1v) is 25.7. The molecule has 6 heterocycles. The van der Waals surface area contributed by atoms with Gasteiger partial charge >= 0.3 is 31.7 Å². The number of hydrogen-bond donors (Lipinski definition) is 5. The summed E-state index contributed by atoms with van der Waals surface area (Å²) in [7, 11) is 0. The number of nitrogens with zero attached hydrogens (tertiary/aromatic N) is 4. The number of carbonyl (C=O) groups is 3. The SMILES string of the molecule is C/C1=C/C=C/C(C)C[C@@H](C)C(O)[C@@H](C)C(OC(=O)NC2CCN(Cc3ccccc3)CC2)[C@H](C)C/C=C/OC2(C)Oc3c(C)c(O)c4c(O)c(c5c(c4c3C2=O)=NC2(CCN(CC(C)C)CC2)N=5)NC1=O.[CH3-].[Os+]. The van der Waals surface area contributed by atoms with Crippen LogP contribution in [0.25, 0.3) is 10.8 Å². The van der Waals surface area contributed by atoms with Crippen molar-refractivity contribution in [3.63, 3.8) is 0 Å². The normalized spacial score (nSPS) is 28.6. The predicted molar refractivity (Wildman–Crippen MR) is 279 cm³/mol. The molecule has 9 rings (SSSR count). The zero-order chi connectivity index (χ0) is 50.9. The second-order valence-electron chi connectivity index (χ2n) is 21.6. The molecule has 5 bridgehead atoms. The Morgan fingerprint density at radius 3 is 2.29 bits per heavy atom. The molecular formula is C57H77N6O9Os. The van der Waals surface area contributed by atoms with Crippen molar-refractivity contribution in [3.05, 3.63) is 101 Å². The van der Waals surface area contributed by atoms with E-state index in [0.717, 1.165) is 52.1 Å². The van der Waals surface area contributed by atoms with Crippen LogP contribution in [0.5, 0.6) is 17.2 Å². The summed E-state index contributed by atoms with van der Waals surface area (Å²) >= 11 is 0. The molecule has 397 valence electrons. The Morgan fingerprint density at radius 2 is 1.62 bits per heavy atom. The Kier molecular flexibility index (Phi) is 18.5. The van der Waals surface area contributed by atoms with Gasteiger partial charge in [-0.25, -0.2) is 4.79 Å². The Balaban J connectivity index is 0.00000435. The molecule has 6 aliphatic rings. The van der Waals surface area contributed by atoms with E-state index in [1.54, 1.807) is 26.0 Å². The van der Waals surface area contributed by atoms with Crippen LogP contribution >= 0.6 is 0 Å². The summed E-state index contributed by atoms with van der Waals surface area (Å²) in [5, 5.41) is 42.7. The smallest absolute Gasteiger partial charge is 0.507 e. The first kappa shape index (κ1) is 57.1. The summed E-state index contributed by atoms with van der Waals surface area (Å²) in [4.78, 5) is 57.8. The van der Waals surface area contributed by atoms with E-state index in [1.807, 2.05) is 58.0 Å². The van der Waals surface area contributed by atoms with Crippen molar-refractivity contribution >= 4 is 34.2 Å². The number of allylic oxidation sites excluding steroid dienone is 4. The fraction of sp³-hybridized carbons (Fsp3) is 0.544. The number of fused-ring (bicyclic) bond motifs is 13. The molecule has 5 N–H and O–H groups in total. The number of aromatic hydroxyl groups is 2. The van der Waals surface area contributed by atoms with Crippen molar-refractivity contribution < 1.29 is 63.7 Å². The number of phenolic OH excluding ortho intramolecular Hbond substituents is 2. The number of hydrogen-bond acceptors (Lipinski definition) is 13. The largest absolute Gasteiger partial charge is 1.00 e. The number of aliphatic hydroxyl groups is 1. The minimum absolute atomic E-state index is 0. The summed E-state index contributed by atoms with van der Waals surface area (Å²) in [6.45, 7) is 21.9. The maximum absolute atomic E-state index is 14.8. The van der Waals surface area contributed by atoms with Crippen LogP contribution in [0.2, 0.25) is 0 Å². The third-order valence-electron chi connectivity index (χ3n) is 15.3. The monoisotopic (exact) mass is 1180 g/mol. The fourth-order valence-electron chi connectivity index (χ4n) is 11.2. The molecule has 1 radical (unpaired) electrons. The molecule has 1 spiro atoms. The van der Waals surface area contributed by atoms with Gasteiger partial charge in [0, 0.05) is 87.5 Å². The molecule has 7 atom stereocenters. The molecule has 4 unspecified atom stereocenters. The van der Waals surface area contributed by atoms with Crippen LogP contribution in [0, 0.1) is 43.9 Å². The van der Waals surface area contributed by atoms with Gasteiger partial charge in [-0.2, -0.15) is 0 Å². The summed E-state index contributed by atoms with van der Waals surface area (Å²) in [6.07, 6.45) is 10.3. The second-order valence-corrected chi connectivity index (χ2v) is 21.6. The number of alkyl carbamates (subject to hydrolysis) is 1. The zero-order valence-electron chi connectivity index (χ0n) is 44.3. The number of phenols is 2. The van der Waals surface area contributed by atoms with E-state index < -0.39 is 53.1 Å². The van der Waals surface area contributed by atoms with Crippen molar-refractivity contribution in [2.24, 2.45) is 39.6 Å². The number of benzene rings is 3. The van der Waals surface area contributed by atoms with Crippen LogP contribution in [-0.4, -0.2) is 105 Å². The standard InChI is InChI=1S/C56H74N6O9.CH3.Os/c1-32(2)30-62-26-22-56(23-27-62)59-44-41-42-48(64)38(8)51-43(41)52(66)55(9,71-51)69-28-14-17-34(4)50(70-54(68)57-40-20-24-61(25-21-40)31-39-18-11-10-12-19-39)37(7)47(63)36(6)29-33(3)15-13-16-35(5)53(67)58-46(49(42)65)45(44)60-56;;/h10-16,18-19,28,32-34,36-37,40,47,50,63-65H,17,20-27,29-31H2,1-9H3,(H,57,68)(H,58,67);1H3;/q;-1;+1/b15-13+,28-14+,35-16-;;/t33?,34-,36-,37-,47?,50?,55?;;/m1../s1.